The summed E-state index contributed by atoms with van der Waals surface area (Å²) in [7, 11) is 0. The van der Waals surface area contributed by atoms with E-state index in [1.165, 1.54) is 0 Å². The van der Waals surface area contributed by atoms with Crippen LogP contribution < -0.4 is 0 Å². The second kappa shape index (κ2) is 4.70. The number of furan rings is 1. The van der Waals surface area contributed by atoms with E-state index >= 15 is 0 Å². The van der Waals surface area contributed by atoms with Crippen molar-refractivity contribution in [2.75, 3.05) is 13.1 Å². The van der Waals surface area contributed by atoms with Gasteiger partial charge in [-0.3, -0.25) is 4.79 Å². The van der Waals surface area contributed by atoms with Gasteiger partial charge in [0.2, 0.25) is 5.91 Å². The number of hydrogen-bond donors (Lipinski definition) is 0. The zero-order chi connectivity index (χ0) is 9.68. The maximum absolute atomic E-state index is 11.5. The lowest BCUT2D eigenvalue weighted by molar-refractivity contribution is -0.130. The summed E-state index contributed by atoms with van der Waals surface area (Å²) in [5, 5.41) is 0. The van der Waals surface area contributed by atoms with Crippen LogP contribution in [0.2, 0.25) is 0 Å². The molecule has 0 saturated carbocycles. The van der Waals surface area contributed by atoms with Gasteiger partial charge in [-0.2, -0.15) is 0 Å². The van der Waals surface area contributed by atoms with Crippen LogP contribution in [0.1, 0.15) is 19.6 Å². The van der Waals surface area contributed by atoms with Gasteiger partial charge in [0.1, 0.15) is 5.76 Å². The SMILES string of the molecule is CCN(CC)C(=O)Cc1ccco1. The highest BCUT2D eigenvalue weighted by Gasteiger charge is 2.11. The van der Waals surface area contributed by atoms with Gasteiger partial charge in [-0.1, -0.05) is 0 Å². The van der Waals surface area contributed by atoms with E-state index in [-0.39, 0.29) is 5.91 Å². The van der Waals surface area contributed by atoms with Gasteiger partial charge < -0.3 is 9.32 Å². The van der Waals surface area contributed by atoms with E-state index in [2.05, 4.69) is 0 Å². The first-order valence-corrected chi connectivity index (χ1v) is 4.58. The molecule has 1 aromatic heterocycles. The minimum Gasteiger partial charge on any atom is -0.469 e. The predicted octanol–water partition coefficient (Wildman–Crippen LogP) is 1.69. The Morgan fingerprint density at radius 3 is 2.62 bits per heavy atom. The number of carbonyl (C=O) groups excluding carboxylic acids is 1. The standard InChI is InChI=1S/C10H15NO2/c1-3-11(4-2)10(12)8-9-6-5-7-13-9/h5-7H,3-4,8H2,1-2H3. The van der Waals surface area contributed by atoms with Crippen LogP contribution in [0, 0.1) is 0 Å². The van der Waals surface area contributed by atoms with E-state index in [0.717, 1.165) is 18.8 Å². The number of amides is 1. The molecule has 0 atom stereocenters. The second-order valence-corrected chi connectivity index (χ2v) is 2.82. The molecule has 13 heavy (non-hydrogen) atoms. The van der Waals surface area contributed by atoms with Crippen molar-refractivity contribution in [2.45, 2.75) is 20.3 Å². The van der Waals surface area contributed by atoms with Crippen molar-refractivity contribution in [1.29, 1.82) is 0 Å². The molecule has 0 radical (unpaired) electrons. The number of carbonyl (C=O) groups is 1. The van der Waals surface area contributed by atoms with Crippen molar-refractivity contribution in [3.8, 4) is 0 Å². The zero-order valence-corrected chi connectivity index (χ0v) is 8.12. The maximum atomic E-state index is 11.5. The highest BCUT2D eigenvalue weighted by atomic mass is 16.3. The Bertz CT molecular complexity index is 250. The Morgan fingerprint density at radius 1 is 1.46 bits per heavy atom. The van der Waals surface area contributed by atoms with Crippen LogP contribution in [-0.4, -0.2) is 23.9 Å². The molecule has 1 heterocycles. The van der Waals surface area contributed by atoms with Crippen molar-refractivity contribution < 1.29 is 9.21 Å². The lowest BCUT2D eigenvalue weighted by atomic mass is 10.3. The fourth-order valence-corrected chi connectivity index (χ4v) is 1.25. The molecule has 0 aliphatic heterocycles. The third-order valence-corrected chi connectivity index (χ3v) is 2.02. The van der Waals surface area contributed by atoms with Crippen molar-refractivity contribution in [2.24, 2.45) is 0 Å². The third kappa shape index (κ3) is 2.61. The fraction of sp³-hybridized carbons (Fsp3) is 0.500. The Balaban J connectivity index is 2.49. The van der Waals surface area contributed by atoms with Crippen LogP contribution in [-0.2, 0) is 11.2 Å². The van der Waals surface area contributed by atoms with Gasteiger partial charge in [0.25, 0.3) is 0 Å². The van der Waals surface area contributed by atoms with Crippen LogP contribution in [0.3, 0.4) is 0 Å². The molecule has 3 nitrogen and oxygen atoms in total. The van der Waals surface area contributed by atoms with Gasteiger partial charge in [-0.25, -0.2) is 0 Å². The summed E-state index contributed by atoms with van der Waals surface area (Å²) in [5.74, 6) is 0.858. The molecule has 0 saturated heterocycles. The van der Waals surface area contributed by atoms with E-state index in [1.54, 1.807) is 17.2 Å². The van der Waals surface area contributed by atoms with E-state index in [1.807, 2.05) is 19.9 Å². The van der Waals surface area contributed by atoms with Crippen LogP contribution in [0.5, 0.6) is 0 Å². The summed E-state index contributed by atoms with van der Waals surface area (Å²) in [6, 6.07) is 3.62. The quantitative estimate of drug-likeness (QED) is 0.708. The van der Waals surface area contributed by atoms with Gasteiger partial charge in [-0.15, -0.1) is 0 Å². The van der Waals surface area contributed by atoms with E-state index in [9.17, 15) is 4.79 Å². The van der Waals surface area contributed by atoms with Gasteiger partial charge in [-0.05, 0) is 26.0 Å². The molecule has 0 N–H and O–H groups in total. The predicted molar refractivity (Wildman–Crippen MR) is 50.3 cm³/mol. The molecule has 0 aromatic carbocycles. The summed E-state index contributed by atoms with van der Waals surface area (Å²) in [6.45, 7) is 5.47. The fourth-order valence-electron chi connectivity index (χ4n) is 1.25. The average molecular weight is 181 g/mol. The van der Waals surface area contributed by atoms with Crippen LogP contribution in [0.4, 0.5) is 0 Å². The summed E-state index contributed by atoms with van der Waals surface area (Å²) < 4.78 is 5.10. The molecule has 0 bridgehead atoms. The second-order valence-electron chi connectivity index (χ2n) is 2.82. The van der Waals surface area contributed by atoms with Gasteiger partial charge in [0, 0.05) is 13.1 Å². The van der Waals surface area contributed by atoms with Gasteiger partial charge >= 0.3 is 0 Å². The monoisotopic (exact) mass is 181 g/mol. The number of rotatable bonds is 4. The molecule has 0 aliphatic rings. The minimum atomic E-state index is 0.125. The minimum absolute atomic E-state index is 0.125. The lowest BCUT2D eigenvalue weighted by Gasteiger charge is -2.17. The summed E-state index contributed by atoms with van der Waals surface area (Å²) in [4.78, 5) is 13.3. The largest absolute Gasteiger partial charge is 0.469 e. The molecule has 72 valence electrons. The van der Waals surface area contributed by atoms with E-state index < -0.39 is 0 Å². The molecule has 0 fully saturated rings. The Hall–Kier alpha value is -1.25. The number of likely N-dealkylation sites (N-methyl/N-ethyl adjacent to an activating group) is 1. The van der Waals surface area contributed by atoms with Crippen molar-refractivity contribution >= 4 is 5.91 Å². The first kappa shape index (κ1) is 9.84. The molecule has 0 spiro atoms. The molecule has 1 amide bonds. The molecule has 1 rings (SSSR count). The molecular weight excluding hydrogens is 166 g/mol. The summed E-state index contributed by atoms with van der Waals surface area (Å²) >= 11 is 0. The molecular formula is C10H15NO2. The van der Waals surface area contributed by atoms with E-state index in [4.69, 9.17) is 4.42 Å². The molecule has 3 heteroatoms. The Morgan fingerprint density at radius 2 is 2.15 bits per heavy atom. The van der Waals surface area contributed by atoms with Crippen molar-refractivity contribution in [3.05, 3.63) is 24.2 Å². The van der Waals surface area contributed by atoms with Crippen LogP contribution in [0.15, 0.2) is 22.8 Å². The molecule has 0 unspecified atom stereocenters. The average Bonchev–Trinajstić information content (AvgIpc) is 2.59. The first-order valence-electron chi connectivity index (χ1n) is 4.58. The summed E-state index contributed by atoms with van der Waals surface area (Å²) in [5.41, 5.74) is 0. The molecule has 0 aliphatic carbocycles. The normalized spacial score (nSPS) is 10.0. The highest BCUT2D eigenvalue weighted by molar-refractivity contribution is 5.78. The first-order chi connectivity index (χ1) is 6.27. The van der Waals surface area contributed by atoms with Crippen LogP contribution >= 0.6 is 0 Å². The Kier molecular flexibility index (Phi) is 3.55. The number of hydrogen-bond acceptors (Lipinski definition) is 2. The van der Waals surface area contributed by atoms with Crippen molar-refractivity contribution in [1.82, 2.24) is 4.90 Å². The summed E-state index contributed by atoms with van der Waals surface area (Å²) in [6.07, 6.45) is 1.96. The topological polar surface area (TPSA) is 33.5 Å². The van der Waals surface area contributed by atoms with Crippen molar-refractivity contribution in [3.63, 3.8) is 0 Å². The smallest absolute Gasteiger partial charge is 0.230 e. The number of nitrogens with zero attached hydrogens (tertiary/aromatic N) is 1. The maximum Gasteiger partial charge on any atom is 0.230 e. The third-order valence-electron chi connectivity index (χ3n) is 2.02. The van der Waals surface area contributed by atoms with Gasteiger partial charge in [0.05, 0.1) is 12.7 Å². The molecule has 1 aromatic rings. The Labute approximate surface area is 78.3 Å². The lowest BCUT2D eigenvalue weighted by Crippen LogP contribution is -2.31. The van der Waals surface area contributed by atoms with E-state index in [0.29, 0.717) is 6.42 Å². The zero-order valence-electron chi connectivity index (χ0n) is 8.12. The van der Waals surface area contributed by atoms with Gasteiger partial charge in [0.15, 0.2) is 0 Å². The highest BCUT2D eigenvalue weighted by Crippen LogP contribution is 2.03. The van der Waals surface area contributed by atoms with Crippen LogP contribution in [0.25, 0.3) is 0 Å².